The van der Waals surface area contributed by atoms with E-state index in [0.717, 1.165) is 32.3 Å². The van der Waals surface area contributed by atoms with Crippen molar-refractivity contribution < 1.29 is 9.47 Å². The number of hydrogen-bond acceptors (Lipinski definition) is 3. The van der Waals surface area contributed by atoms with Crippen molar-refractivity contribution >= 4 is 29.9 Å². The lowest BCUT2D eigenvalue weighted by atomic mass is 9.54. The molecular weight excluding hydrogens is 489 g/mol. The third-order valence-corrected chi connectivity index (χ3v) is 7.83. The third kappa shape index (κ3) is 4.11. The van der Waals surface area contributed by atoms with E-state index in [1.807, 2.05) is 7.05 Å². The molecule has 1 aromatic carbocycles. The highest BCUT2D eigenvalue weighted by Crippen LogP contribution is 2.60. The van der Waals surface area contributed by atoms with E-state index in [2.05, 4.69) is 45.5 Å². The number of aliphatic imine (C=N–C) groups is 1. The zero-order valence-corrected chi connectivity index (χ0v) is 20.4. The maximum Gasteiger partial charge on any atom is 0.193 e. The fraction of sp³-hybridized carbons (Fsp3) is 0.708. The van der Waals surface area contributed by atoms with Crippen molar-refractivity contribution in [2.45, 2.75) is 57.3 Å². The molecule has 1 N–H and O–H groups in total. The van der Waals surface area contributed by atoms with Gasteiger partial charge in [-0.25, -0.2) is 0 Å². The van der Waals surface area contributed by atoms with Crippen molar-refractivity contribution in [3.63, 3.8) is 0 Å². The van der Waals surface area contributed by atoms with Crippen LogP contribution in [0.5, 0.6) is 0 Å². The van der Waals surface area contributed by atoms with E-state index >= 15 is 0 Å². The first-order valence-corrected chi connectivity index (χ1v) is 11.5. The molecule has 2 saturated carbocycles. The average Bonchev–Trinajstić information content (AvgIpc) is 3.50. The van der Waals surface area contributed by atoms with Crippen LogP contribution in [0, 0.1) is 17.3 Å². The average molecular weight is 525 g/mol. The van der Waals surface area contributed by atoms with Gasteiger partial charge >= 0.3 is 0 Å². The number of likely N-dealkylation sites (tertiary alicyclic amines) is 1. The van der Waals surface area contributed by atoms with Crippen LogP contribution in [0.15, 0.2) is 35.3 Å². The number of nitrogens with one attached hydrogen (secondary N) is 1. The summed E-state index contributed by atoms with van der Waals surface area (Å²) < 4.78 is 12.2. The fourth-order valence-electron chi connectivity index (χ4n) is 6.42. The second kappa shape index (κ2) is 9.74. The fourth-order valence-corrected chi connectivity index (χ4v) is 6.42. The lowest BCUT2D eigenvalue weighted by Crippen LogP contribution is -2.69. The standard InChI is InChI=1S/C24H35N3O2.HI/c1-25-23(26-21-20-10-14-29-22(20)24(21)11-5-6-12-24)27-13-9-19(15-27)17-28-16-18-7-3-2-4-8-18;/h2-4,7-8,19-22H,5-6,9-17H2,1H3,(H,25,26);1H. The number of ether oxygens (including phenoxy) is 2. The molecular formula is C24H36IN3O2. The molecule has 0 bridgehead atoms. The Kier molecular flexibility index (Phi) is 7.25. The van der Waals surface area contributed by atoms with Crippen LogP contribution in [0.2, 0.25) is 0 Å². The summed E-state index contributed by atoms with van der Waals surface area (Å²) >= 11 is 0. The Morgan fingerprint density at radius 3 is 2.80 bits per heavy atom. The maximum absolute atomic E-state index is 6.15. The smallest absolute Gasteiger partial charge is 0.193 e. The number of halogens is 1. The van der Waals surface area contributed by atoms with Gasteiger partial charge in [0.1, 0.15) is 0 Å². The first-order valence-electron chi connectivity index (χ1n) is 11.5. The first-order chi connectivity index (χ1) is 14.3. The Morgan fingerprint density at radius 1 is 1.23 bits per heavy atom. The number of rotatable bonds is 5. The summed E-state index contributed by atoms with van der Waals surface area (Å²) in [6, 6.07) is 11.0. The van der Waals surface area contributed by atoms with Gasteiger partial charge in [0.25, 0.3) is 0 Å². The van der Waals surface area contributed by atoms with E-state index in [-0.39, 0.29) is 24.0 Å². The highest BCUT2D eigenvalue weighted by atomic mass is 127. The topological polar surface area (TPSA) is 46.1 Å². The van der Waals surface area contributed by atoms with E-state index < -0.39 is 0 Å². The molecule has 30 heavy (non-hydrogen) atoms. The predicted octanol–water partition coefficient (Wildman–Crippen LogP) is 4.07. The highest BCUT2D eigenvalue weighted by Gasteiger charge is 2.65. The molecule has 1 aromatic rings. The van der Waals surface area contributed by atoms with Crippen LogP contribution >= 0.6 is 24.0 Å². The van der Waals surface area contributed by atoms with Gasteiger partial charge in [-0.3, -0.25) is 4.99 Å². The van der Waals surface area contributed by atoms with Crippen LogP contribution in [0.3, 0.4) is 0 Å². The minimum absolute atomic E-state index is 0. The molecule has 0 radical (unpaired) electrons. The zero-order chi connectivity index (χ0) is 19.7. The summed E-state index contributed by atoms with van der Waals surface area (Å²) in [5.74, 6) is 2.36. The molecule has 2 aliphatic carbocycles. The van der Waals surface area contributed by atoms with E-state index in [9.17, 15) is 0 Å². The van der Waals surface area contributed by atoms with Gasteiger partial charge in [0, 0.05) is 50.0 Å². The second-order valence-corrected chi connectivity index (χ2v) is 9.45. The van der Waals surface area contributed by atoms with Gasteiger partial charge < -0.3 is 19.7 Å². The molecule has 6 heteroatoms. The summed E-state index contributed by atoms with van der Waals surface area (Å²) in [6.07, 6.45) is 8.23. The van der Waals surface area contributed by atoms with Crippen LogP contribution in [-0.4, -0.2) is 56.4 Å². The van der Waals surface area contributed by atoms with Gasteiger partial charge in [-0.1, -0.05) is 43.2 Å². The number of benzene rings is 1. The van der Waals surface area contributed by atoms with Gasteiger partial charge in [0.05, 0.1) is 19.3 Å². The molecule has 4 fully saturated rings. The molecule has 0 amide bonds. The number of nitrogens with zero attached hydrogens (tertiary/aromatic N) is 2. The van der Waals surface area contributed by atoms with Crippen molar-refractivity contribution in [3.8, 4) is 0 Å². The lowest BCUT2D eigenvalue weighted by molar-refractivity contribution is -0.125. The molecule has 4 aliphatic rings. The Balaban J connectivity index is 0.00000218. The van der Waals surface area contributed by atoms with E-state index in [1.165, 1.54) is 44.1 Å². The van der Waals surface area contributed by atoms with Crippen LogP contribution in [0.25, 0.3) is 0 Å². The van der Waals surface area contributed by atoms with Gasteiger partial charge in [-0.2, -0.15) is 0 Å². The third-order valence-electron chi connectivity index (χ3n) is 7.83. The molecule has 5 nitrogen and oxygen atoms in total. The molecule has 166 valence electrons. The summed E-state index contributed by atoms with van der Waals surface area (Å²) in [7, 11) is 1.93. The van der Waals surface area contributed by atoms with E-state index in [0.29, 0.717) is 36.0 Å². The Bertz CT molecular complexity index is 722. The molecule has 2 aliphatic heterocycles. The Hall–Kier alpha value is -0.860. The number of guanidine groups is 1. The first kappa shape index (κ1) is 22.3. The number of hydrogen-bond donors (Lipinski definition) is 1. The largest absolute Gasteiger partial charge is 0.377 e. The second-order valence-electron chi connectivity index (χ2n) is 9.45. The summed E-state index contributed by atoms with van der Waals surface area (Å²) in [6.45, 7) is 4.59. The minimum atomic E-state index is 0. The molecule has 5 rings (SSSR count). The van der Waals surface area contributed by atoms with Crippen LogP contribution in [-0.2, 0) is 16.1 Å². The molecule has 1 spiro atoms. The van der Waals surface area contributed by atoms with Crippen LogP contribution < -0.4 is 5.32 Å². The van der Waals surface area contributed by atoms with E-state index in [4.69, 9.17) is 9.47 Å². The molecule has 0 aromatic heterocycles. The van der Waals surface area contributed by atoms with Crippen molar-refractivity contribution in [2.75, 3.05) is 33.4 Å². The van der Waals surface area contributed by atoms with Gasteiger partial charge in [0.15, 0.2) is 5.96 Å². The van der Waals surface area contributed by atoms with Crippen LogP contribution in [0.1, 0.15) is 44.1 Å². The SMILES string of the molecule is CN=C(NC1C2CCOC2C12CCCC2)N1CCC(COCc2ccccc2)C1.I. The summed E-state index contributed by atoms with van der Waals surface area (Å²) in [5, 5.41) is 3.91. The zero-order valence-electron chi connectivity index (χ0n) is 18.1. The lowest BCUT2D eigenvalue weighted by Gasteiger charge is -2.57. The molecule has 2 saturated heterocycles. The van der Waals surface area contributed by atoms with Crippen molar-refractivity contribution in [1.82, 2.24) is 10.2 Å². The quantitative estimate of drug-likeness (QED) is 0.358. The van der Waals surface area contributed by atoms with Gasteiger partial charge in [-0.05, 0) is 31.2 Å². The van der Waals surface area contributed by atoms with Crippen molar-refractivity contribution in [1.29, 1.82) is 0 Å². The van der Waals surface area contributed by atoms with Gasteiger partial charge in [-0.15, -0.1) is 24.0 Å². The predicted molar refractivity (Wildman–Crippen MR) is 130 cm³/mol. The summed E-state index contributed by atoms with van der Waals surface area (Å²) in [4.78, 5) is 7.12. The molecule has 2 heterocycles. The summed E-state index contributed by atoms with van der Waals surface area (Å²) in [5.41, 5.74) is 1.62. The number of fused-ring (bicyclic) bond motifs is 2. The molecule has 4 unspecified atom stereocenters. The van der Waals surface area contributed by atoms with Crippen molar-refractivity contribution in [3.05, 3.63) is 35.9 Å². The van der Waals surface area contributed by atoms with E-state index in [1.54, 1.807) is 0 Å². The van der Waals surface area contributed by atoms with Gasteiger partial charge in [0.2, 0.25) is 0 Å². The van der Waals surface area contributed by atoms with Crippen molar-refractivity contribution in [2.24, 2.45) is 22.2 Å². The highest BCUT2D eigenvalue weighted by molar-refractivity contribution is 14.0. The maximum atomic E-state index is 6.15. The Labute approximate surface area is 198 Å². The van der Waals surface area contributed by atoms with Crippen LogP contribution in [0.4, 0.5) is 0 Å². The minimum Gasteiger partial charge on any atom is -0.377 e. The monoisotopic (exact) mass is 525 g/mol. The normalized spacial score (nSPS) is 32.0. The Morgan fingerprint density at radius 2 is 2.03 bits per heavy atom. The molecule has 4 atom stereocenters.